The average molecular weight is 230 g/mol. The SMILES string of the molecule is Cc1cccc(-n2nnc(N)c2C(C)(C)C)c1. The van der Waals surface area contributed by atoms with Crippen LogP contribution in [0.2, 0.25) is 0 Å². The summed E-state index contributed by atoms with van der Waals surface area (Å²) in [5.41, 5.74) is 8.96. The van der Waals surface area contributed by atoms with Crippen LogP contribution in [-0.2, 0) is 5.41 Å². The van der Waals surface area contributed by atoms with E-state index >= 15 is 0 Å². The monoisotopic (exact) mass is 230 g/mol. The summed E-state index contributed by atoms with van der Waals surface area (Å²) in [7, 11) is 0. The molecule has 0 atom stereocenters. The van der Waals surface area contributed by atoms with Gasteiger partial charge in [0.1, 0.15) is 0 Å². The maximum Gasteiger partial charge on any atom is 0.170 e. The van der Waals surface area contributed by atoms with Crippen LogP contribution in [0, 0.1) is 6.92 Å². The molecule has 90 valence electrons. The Kier molecular flexibility index (Phi) is 2.65. The van der Waals surface area contributed by atoms with Gasteiger partial charge in [-0.2, -0.15) is 0 Å². The van der Waals surface area contributed by atoms with Crippen LogP contribution in [0.15, 0.2) is 24.3 Å². The fraction of sp³-hybridized carbons (Fsp3) is 0.385. The number of benzene rings is 1. The molecule has 0 fully saturated rings. The lowest BCUT2D eigenvalue weighted by Gasteiger charge is -2.20. The molecule has 0 saturated heterocycles. The van der Waals surface area contributed by atoms with Gasteiger partial charge in [-0.3, -0.25) is 0 Å². The van der Waals surface area contributed by atoms with E-state index in [2.05, 4.69) is 50.1 Å². The van der Waals surface area contributed by atoms with E-state index < -0.39 is 0 Å². The lowest BCUT2D eigenvalue weighted by Crippen LogP contribution is -2.19. The highest BCUT2D eigenvalue weighted by Gasteiger charge is 2.24. The van der Waals surface area contributed by atoms with E-state index in [9.17, 15) is 0 Å². The van der Waals surface area contributed by atoms with Crippen molar-refractivity contribution in [1.82, 2.24) is 15.0 Å². The van der Waals surface area contributed by atoms with E-state index in [1.54, 1.807) is 0 Å². The Bertz CT molecular complexity index is 535. The van der Waals surface area contributed by atoms with E-state index in [4.69, 9.17) is 5.73 Å². The standard InChI is InChI=1S/C13H18N4/c1-9-6-5-7-10(8-9)17-11(13(2,3)4)12(14)15-16-17/h5-8H,14H2,1-4H3. The van der Waals surface area contributed by atoms with Crippen LogP contribution < -0.4 is 5.73 Å². The molecule has 1 aromatic heterocycles. The summed E-state index contributed by atoms with van der Waals surface area (Å²) in [4.78, 5) is 0. The van der Waals surface area contributed by atoms with Crippen LogP contribution in [0.3, 0.4) is 0 Å². The van der Waals surface area contributed by atoms with Crippen molar-refractivity contribution < 1.29 is 0 Å². The Morgan fingerprint density at radius 1 is 1.24 bits per heavy atom. The molecule has 0 bridgehead atoms. The predicted octanol–water partition coefficient (Wildman–Crippen LogP) is 2.46. The second-order valence-electron chi connectivity index (χ2n) is 5.32. The summed E-state index contributed by atoms with van der Waals surface area (Å²) in [5, 5.41) is 8.12. The number of hydrogen-bond donors (Lipinski definition) is 1. The Morgan fingerprint density at radius 3 is 2.53 bits per heavy atom. The molecule has 1 aromatic carbocycles. The molecule has 2 aromatic rings. The highest BCUT2D eigenvalue weighted by atomic mass is 15.4. The molecule has 0 aliphatic heterocycles. The zero-order chi connectivity index (χ0) is 12.6. The third kappa shape index (κ3) is 2.16. The van der Waals surface area contributed by atoms with Crippen LogP contribution in [0.4, 0.5) is 5.82 Å². The molecule has 4 heteroatoms. The molecule has 0 amide bonds. The zero-order valence-corrected chi connectivity index (χ0v) is 10.7. The maximum absolute atomic E-state index is 5.91. The summed E-state index contributed by atoms with van der Waals surface area (Å²) in [6, 6.07) is 8.15. The van der Waals surface area contributed by atoms with Crippen molar-refractivity contribution >= 4 is 5.82 Å². The molecule has 2 N–H and O–H groups in total. The largest absolute Gasteiger partial charge is 0.381 e. The minimum Gasteiger partial charge on any atom is -0.381 e. The Balaban J connectivity index is 2.61. The first-order valence-electron chi connectivity index (χ1n) is 5.68. The highest BCUT2D eigenvalue weighted by Crippen LogP contribution is 2.28. The van der Waals surface area contributed by atoms with Crippen molar-refractivity contribution in [3.8, 4) is 5.69 Å². The van der Waals surface area contributed by atoms with Crippen molar-refractivity contribution in [2.24, 2.45) is 0 Å². The lowest BCUT2D eigenvalue weighted by molar-refractivity contribution is 0.544. The Hall–Kier alpha value is -1.84. The molecule has 0 spiro atoms. The second kappa shape index (κ2) is 3.87. The Morgan fingerprint density at radius 2 is 1.94 bits per heavy atom. The van der Waals surface area contributed by atoms with Gasteiger partial charge in [0, 0.05) is 5.41 Å². The number of nitrogen functional groups attached to an aromatic ring is 1. The van der Waals surface area contributed by atoms with Crippen molar-refractivity contribution in [2.45, 2.75) is 33.1 Å². The first kappa shape index (κ1) is 11.6. The fourth-order valence-corrected chi connectivity index (χ4v) is 1.94. The summed E-state index contributed by atoms with van der Waals surface area (Å²) < 4.78 is 1.82. The summed E-state index contributed by atoms with van der Waals surface area (Å²) in [6.07, 6.45) is 0. The number of aryl methyl sites for hydroxylation is 1. The van der Waals surface area contributed by atoms with E-state index in [0.29, 0.717) is 5.82 Å². The second-order valence-corrected chi connectivity index (χ2v) is 5.32. The van der Waals surface area contributed by atoms with Gasteiger partial charge < -0.3 is 5.73 Å². The van der Waals surface area contributed by atoms with E-state index in [1.807, 2.05) is 16.8 Å². The topological polar surface area (TPSA) is 56.7 Å². The number of rotatable bonds is 1. The molecule has 17 heavy (non-hydrogen) atoms. The third-order valence-electron chi connectivity index (χ3n) is 2.65. The van der Waals surface area contributed by atoms with Crippen molar-refractivity contribution in [3.63, 3.8) is 0 Å². The minimum absolute atomic E-state index is 0.0860. The molecular weight excluding hydrogens is 212 g/mol. The maximum atomic E-state index is 5.91. The fourth-order valence-electron chi connectivity index (χ4n) is 1.94. The zero-order valence-electron chi connectivity index (χ0n) is 10.7. The van der Waals surface area contributed by atoms with Gasteiger partial charge in [0.05, 0.1) is 11.4 Å². The van der Waals surface area contributed by atoms with Gasteiger partial charge in [0.15, 0.2) is 5.82 Å². The van der Waals surface area contributed by atoms with Gasteiger partial charge >= 0.3 is 0 Å². The minimum atomic E-state index is -0.0860. The molecule has 0 aliphatic carbocycles. The molecule has 0 aliphatic rings. The van der Waals surface area contributed by atoms with E-state index in [-0.39, 0.29) is 5.41 Å². The van der Waals surface area contributed by atoms with Gasteiger partial charge in [-0.15, -0.1) is 5.10 Å². The smallest absolute Gasteiger partial charge is 0.170 e. The number of nitrogens with zero attached hydrogens (tertiary/aromatic N) is 3. The Labute approximate surface area is 101 Å². The average Bonchev–Trinajstić information content (AvgIpc) is 2.59. The van der Waals surface area contributed by atoms with E-state index in [0.717, 1.165) is 11.4 Å². The van der Waals surface area contributed by atoms with Crippen LogP contribution in [-0.4, -0.2) is 15.0 Å². The van der Waals surface area contributed by atoms with Gasteiger partial charge in [-0.1, -0.05) is 38.1 Å². The third-order valence-corrected chi connectivity index (χ3v) is 2.65. The molecule has 0 saturated carbocycles. The first-order valence-corrected chi connectivity index (χ1v) is 5.68. The number of anilines is 1. The molecule has 0 radical (unpaired) electrons. The number of aromatic nitrogens is 3. The molecular formula is C13H18N4. The van der Waals surface area contributed by atoms with Crippen LogP contribution in [0.5, 0.6) is 0 Å². The number of hydrogen-bond acceptors (Lipinski definition) is 3. The predicted molar refractivity (Wildman–Crippen MR) is 69.2 cm³/mol. The molecule has 4 nitrogen and oxygen atoms in total. The molecule has 2 rings (SSSR count). The first-order chi connectivity index (χ1) is 7.89. The van der Waals surface area contributed by atoms with Gasteiger partial charge in [0.25, 0.3) is 0 Å². The summed E-state index contributed by atoms with van der Waals surface area (Å²) in [6.45, 7) is 8.37. The summed E-state index contributed by atoms with van der Waals surface area (Å²) in [5.74, 6) is 0.499. The number of nitrogens with two attached hydrogens (primary N) is 1. The summed E-state index contributed by atoms with van der Waals surface area (Å²) >= 11 is 0. The highest BCUT2D eigenvalue weighted by molar-refractivity contribution is 5.45. The normalized spacial score (nSPS) is 11.8. The molecule has 1 heterocycles. The quantitative estimate of drug-likeness (QED) is 0.818. The van der Waals surface area contributed by atoms with Gasteiger partial charge in [-0.25, -0.2) is 4.68 Å². The van der Waals surface area contributed by atoms with Crippen molar-refractivity contribution in [3.05, 3.63) is 35.5 Å². The van der Waals surface area contributed by atoms with Crippen LogP contribution >= 0.6 is 0 Å². The van der Waals surface area contributed by atoms with E-state index in [1.165, 1.54) is 5.56 Å². The van der Waals surface area contributed by atoms with Crippen LogP contribution in [0.25, 0.3) is 5.69 Å². The van der Waals surface area contributed by atoms with Crippen LogP contribution in [0.1, 0.15) is 32.0 Å². The molecule has 0 unspecified atom stereocenters. The lowest BCUT2D eigenvalue weighted by atomic mass is 9.91. The van der Waals surface area contributed by atoms with Crippen molar-refractivity contribution in [2.75, 3.05) is 5.73 Å². The van der Waals surface area contributed by atoms with Gasteiger partial charge in [-0.05, 0) is 24.6 Å². The van der Waals surface area contributed by atoms with Gasteiger partial charge in [0.2, 0.25) is 0 Å². The van der Waals surface area contributed by atoms with Crippen molar-refractivity contribution in [1.29, 1.82) is 0 Å².